The van der Waals surface area contributed by atoms with E-state index in [4.69, 9.17) is 9.47 Å². The molecule has 1 unspecified atom stereocenters. The summed E-state index contributed by atoms with van der Waals surface area (Å²) in [5.41, 5.74) is 1.32. The van der Waals surface area contributed by atoms with Crippen LogP contribution in [0.3, 0.4) is 0 Å². The normalized spacial score (nSPS) is 29.7. The van der Waals surface area contributed by atoms with Crippen LogP contribution in [0.4, 0.5) is 0 Å². The molecular formula is C9H12O2. The summed E-state index contributed by atoms with van der Waals surface area (Å²) in [5.74, 6) is 1.63. The van der Waals surface area contributed by atoms with Gasteiger partial charge in [0, 0.05) is 5.57 Å². The van der Waals surface area contributed by atoms with Crippen LogP contribution in [0.25, 0.3) is 0 Å². The topological polar surface area (TPSA) is 18.5 Å². The van der Waals surface area contributed by atoms with Crippen molar-refractivity contribution < 1.29 is 9.47 Å². The van der Waals surface area contributed by atoms with Gasteiger partial charge in [-0.25, -0.2) is 0 Å². The van der Waals surface area contributed by atoms with E-state index in [0.717, 1.165) is 18.8 Å². The van der Waals surface area contributed by atoms with Gasteiger partial charge in [-0.1, -0.05) is 13.0 Å². The average molecular weight is 152 g/mol. The molecule has 1 aliphatic carbocycles. The lowest BCUT2D eigenvalue weighted by molar-refractivity contribution is -0.0358. The van der Waals surface area contributed by atoms with Crippen LogP contribution in [0, 0.1) is 5.92 Å². The van der Waals surface area contributed by atoms with Crippen molar-refractivity contribution in [1.29, 1.82) is 0 Å². The van der Waals surface area contributed by atoms with Gasteiger partial charge in [-0.3, -0.25) is 0 Å². The second-order valence-electron chi connectivity index (χ2n) is 3.04. The smallest absolute Gasteiger partial charge is 0.189 e. The highest BCUT2D eigenvalue weighted by atomic mass is 16.7. The molecule has 11 heavy (non-hydrogen) atoms. The monoisotopic (exact) mass is 152 g/mol. The predicted molar refractivity (Wildman–Crippen MR) is 41.9 cm³/mol. The van der Waals surface area contributed by atoms with E-state index in [1.165, 1.54) is 5.57 Å². The van der Waals surface area contributed by atoms with E-state index < -0.39 is 0 Å². The Morgan fingerprint density at radius 3 is 3.27 bits per heavy atom. The van der Waals surface area contributed by atoms with Crippen LogP contribution in [0.1, 0.15) is 13.3 Å². The molecule has 2 aliphatic rings. The maximum Gasteiger partial charge on any atom is 0.189 e. The standard InChI is InChI=1S/C9H12O2/c1-7-3-2-4-9-8(7)5-10-6-11-9/h2,4,7H,3,5-6H2,1H3. The first-order chi connectivity index (χ1) is 5.38. The van der Waals surface area contributed by atoms with Crippen molar-refractivity contribution in [3.8, 4) is 0 Å². The highest BCUT2D eigenvalue weighted by molar-refractivity contribution is 5.27. The van der Waals surface area contributed by atoms with Gasteiger partial charge in [0.15, 0.2) is 6.79 Å². The minimum Gasteiger partial charge on any atom is -0.468 e. The van der Waals surface area contributed by atoms with Crippen molar-refractivity contribution in [3.63, 3.8) is 0 Å². The van der Waals surface area contributed by atoms with Crippen molar-refractivity contribution in [2.75, 3.05) is 13.4 Å². The summed E-state index contributed by atoms with van der Waals surface area (Å²) in [7, 11) is 0. The van der Waals surface area contributed by atoms with Crippen LogP contribution < -0.4 is 0 Å². The maximum atomic E-state index is 5.32. The van der Waals surface area contributed by atoms with Gasteiger partial charge in [0.05, 0.1) is 6.61 Å². The number of hydrogen-bond acceptors (Lipinski definition) is 2. The van der Waals surface area contributed by atoms with Gasteiger partial charge in [-0.2, -0.15) is 0 Å². The summed E-state index contributed by atoms with van der Waals surface area (Å²) in [5, 5.41) is 0. The zero-order valence-corrected chi connectivity index (χ0v) is 6.67. The fourth-order valence-electron chi connectivity index (χ4n) is 1.48. The van der Waals surface area contributed by atoms with Crippen molar-refractivity contribution in [3.05, 3.63) is 23.5 Å². The third kappa shape index (κ3) is 1.18. The highest BCUT2D eigenvalue weighted by Gasteiger charge is 2.20. The predicted octanol–water partition coefficient (Wildman–Crippen LogP) is 1.84. The van der Waals surface area contributed by atoms with Crippen LogP contribution in [-0.2, 0) is 9.47 Å². The van der Waals surface area contributed by atoms with E-state index >= 15 is 0 Å². The minimum absolute atomic E-state index is 0.413. The van der Waals surface area contributed by atoms with E-state index in [1.807, 2.05) is 0 Å². The molecule has 2 heteroatoms. The molecule has 2 rings (SSSR count). The van der Waals surface area contributed by atoms with Crippen molar-refractivity contribution in [1.82, 2.24) is 0 Å². The summed E-state index contributed by atoms with van der Waals surface area (Å²) < 4.78 is 10.5. The number of hydrogen-bond donors (Lipinski definition) is 0. The molecule has 0 radical (unpaired) electrons. The molecule has 0 saturated heterocycles. The minimum atomic E-state index is 0.413. The van der Waals surface area contributed by atoms with Crippen LogP contribution in [0.2, 0.25) is 0 Å². The summed E-state index contributed by atoms with van der Waals surface area (Å²) in [6.07, 6.45) is 5.33. The highest BCUT2D eigenvalue weighted by Crippen LogP contribution is 2.28. The molecule has 1 atom stereocenters. The lowest BCUT2D eigenvalue weighted by Gasteiger charge is -2.26. The van der Waals surface area contributed by atoms with E-state index in [2.05, 4.69) is 19.1 Å². The molecule has 60 valence electrons. The van der Waals surface area contributed by atoms with Crippen LogP contribution in [0.5, 0.6) is 0 Å². The number of allylic oxidation sites excluding steroid dienone is 2. The molecule has 0 fully saturated rings. The second kappa shape index (κ2) is 2.70. The largest absolute Gasteiger partial charge is 0.468 e. The van der Waals surface area contributed by atoms with Gasteiger partial charge in [0.2, 0.25) is 0 Å². The molecule has 1 aliphatic heterocycles. The SMILES string of the molecule is CC1CC=CC2=C1COCO2. The van der Waals surface area contributed by atoms with Gasteiger partial charge in [-0.15, -0.1) is 0 Å². The van der Waals surface area contributed by atoms with E-state index in [9.17, 15) is 0 Å². The van der Waals surface area contributed by atoms with Gasteiger partial charge in [0.1, 0.15) is 5.76 Å². The van der Waals surface area contributed by atoms with Gasteiger partial charge in [-0.05, 0) is 18.4 Å². The van der Waals surface area contributed by atoms with Crippen molar-refractivity contribution in [2.45, 2.75) is 13.3 Å². The number of rotatable bonds is 0. The Hall–Kier alpha value is -0.760. The lowest BCUT2D eigenvalue weighted by atomic mass is 9.92. The van der Waals surface area contributed by atoms with E-state index in [1.54, 1.807) is 0 Å². The van der Waals surface area contributed by atoms with Gasteiger partial charge < -0.3 is 9.47 Å². The molecule has 0 aromatic rings. The summed E-state index contributed by atoms with van der Waals surface area (Å²) in [6, 6.07) is 0. The summed E-state index contributed by atoms with van der Waals surface area (Å²) in [4.78, 5) is 0. The summed E-state index contributed by atoms with van der Waals surface area (Å²) in [6.45, 7) is 3.37. The Bertz CT molecular complexity index is 216. The van der Waals surface area contributed by atoms with Gasteiger partial charge in [0.25, 0.3) is 0 Å². The zero-order chi connectivity index (χ0) is 7.68. The first-order valence-corrected chi connectivity index (χ1v) is 3.98. The Morgan fingerprint density at radius 1 is 1.55 bits per heavy atom. The zero-order valence-electron chi connectivity index (χ0n) is 6.67. The third-order valence-corrected chi connectivity index (χ3v) is 2.23. The van der Waals surface area contributed by atoms with Crippen molar-refractivity contribution >= 4 is 0 Å². The molecule has 0 spiro atoms. The maximum absolute atomic E-state index is 5.32. The Morgan fingerprint density at radius 2 is 2.45 bits per heavy atom. The third-order valence-electron chi connectivity index (χ3n) is 2.23. The molecule has 2 nitrogen and oxygen atoms in total. The first kappa shape index (κ1) is 6.92. The van der Waals surface area contributed by atoms with Gasteiger partial charge >= 0.3 is 0 Å². The molecule has 0 amide bonds. The van der Waals surface area contributed by atoms with Crippen LogP contribution >= 0.6 is 0 Å². The molecule has 0 N–H and O–H groups in total. The molecule has 1 heterocycles. The van der Waals surface area contributed by atoms with Crippen molar-refractivity contribution in [2.24, 2.45) is 5.92 Å². The Balaban J connectivity index is 2.27. The average Bonchev–Trinajstić information content (AvgIpc) is 2.06. The quantitative estimate of drug-likeness (QED) is 0.527. The Labute approximate surface area is 66.5 Å². The molecule has 0 saturated carbocycles. The summed E-state index contributed by atoms with van der Waals surface area (Å²) >= 11 is 0. The fourth-order valence-corrected chi connectivity index (χ4v) is 1.48. The molecule has 0 bridgehead atoms. The number of ether oxygens (including phenoxy) is 2. The fraction of sp³-hybridized carbons (Fsp3) is 0.556. The van der Waals surface area contributed by atoms with E-state index in [-0.39, 0.29) is 0 Å². The van der Waals surface area contributed by atoms with Crippen LogP contribution in [-0.4, -0.2) is 13.4 Å². The molecule has 0 aromatic carbocycles. The molecule has 0 aromatic heterocycles. The first-order valence-electron chi connectivity index (χ1n) is 3.98. The molecular weight excluding hydrogens is 140 g/mol. The van der Waals surface area contributed by atoms with E-state index in [0.29, 0.717) is 12.7 Å². The Kier molecular flexibility index (Phi) is 1.70. The lowest BCUT2D eigenvalue weighted by Crippen LogP contribution is -2.19. The van der Waals surface area contributed by atoms with Crippen LogP contribution in [0.15, 0.2) is 23.5 Å². The second-order valence-corrected chi connectivity index (χ2v) is 3.04.